The number of hydrogen-bond acceptors (Lipinski definition) is 2. The first-order chi connectivity index (χ1) is 5.72. The van der Waals surface area contributed by atoms with Crippen LogP contribution in [0, 0.1) is 13.8 Å². The van der Waals surface area contributed by atoms with E-state index < -0.39 is 0 Å². The molecule has 0 saturated carbocycles. The number of rotatable bonds is 1. The van der Waals surface area contributed by atoms with Crippen molar-refractivity contribution in [1.29, 1.82) is 0 Å². The predicted octanol–water partition coefficient (Wildman–Crippen LogP) is 2.34. The molecule has 0 atom stereocenters. The molecule has 0 aliphatic carbocycles. The Morgan fingerprint density at radius 1 is 1.42 bits per heavy atom. The molecule has 0 aliphatic rings. The molecule has 2 rings (SSSR count). The number of furan rings is 1. The first-order valence-corrected chi connectivity index (χ1v) is 4.17. The van der Waals surface area contributed by atoms with Crippen LogP contribution in [0.3, 0.4) is 0 Å². The summed E-state index contributed by atoms with van der Waals surface area (Å²) in [5, 5.41) is 0. The maximum Gasteiger partial charge on any atom is 0.245 e. The molecule has 3 nitrogen and oxygen atoms in total. The lowest BCUT2D eigenvalue weighted by molar-refractivity contribution is 0.562. The number of nitrogens with one attached hydrogen (secondary N) is 1. The monoisotopic (exact) mass is 164 g/mol. The summed E-state index contributed by atoms with van der Waals surface area (Å²) < 4.78 is 5.47. The Morgan fingerprint density at radius 2 is 2.17 bits per heavy atom. The van der Waals surface area contributed by atoms with Crippen molar-refractivity contribution in [3.05, 3.63) is 17.1 Å². The van der Waals surface area contributed by atoms with Gasteiger partial charge in [-0.25, -0.2) is 0 Å². The van der Waals surface area contributed by atoms with Gasteiger partial charge in [-0.1, -0.05) is 6.92 Å². The highest BCUT2D eigenvalue weighted by atomic mass is 16.3. The number of nitrogens with zero attached hydrogens (tertiary/aromatic N) is 1. The minimum Gasteiger partial charge on any atom is -0.441 e. The fourth-order valence-corrected chi connectivity index (χ4v) is 1.56. The van der Waals surface area contributed by atoms with E-state index in [4.69, 9.17) is 4.42 Å². The lowest BCUT2D eigenvalue weighted by Crippen LogP contribution is -1.81. The van der Waals surface area contributed by atoms with Crippen molar-refractivity contribution in [3.63, 3.8) is 0 Å². The maximum atomic E-state index is 5.47. The van der Waals surface area contributed by atoms with Crippen LogP contribution in [0.4, 0.5) is 0 Å². The molecule has 0 spiro atoms. The molecule has 3 heteroatoms. The summed E-state index contributed by atoms with van der Waals surface area (Å²) >= 11 is 0. The van der Waals surface area contributed by atoms with E-state index in [-0.39, 0.29) is 0 Å². The quantitative estimate of drug-likeness (QED) is 0.702. The molecule has 2 heterocycles. The summed E-state index contributed by atoms with van der Waals surface area (Å²) in [4.78, 5) is 7.41. The van der Waals surface area contributed by atoms with Gasteiger partial charge in [0.1, 0.15) is 17.1 Å². The fourth-order valence-electron chi connectivity index (χ4n) is 1.56. The van der Waals surface area contributed by atoms with Crippen LogP contribution in [-0.2, 0) is 6.42 Å². The second-order valence-corrected chi connectivity index (χ2v) is 2.99. The molecule has 12 heavy (non-hydrogen) atoms. The number of fused-ring (bicyclic) bond motifs is 1. The molecular formula is C9H12N2O. The van der Waals surface area contributed by atoms with Gasteiger partial charge in [0.25, 0.3) is 0 Å². The van der Waals surface area contributed by atoms with Crippen molar-refractivity contribution in [3.8, 4) is 0 Å². The average Bonchev–Trinajstić information content (AvgIpc) is 2.43. The van der Waals surface area contributed by atoms with Gasteiger partial charge in [-0.2, -0.15) is 4.98 Å². The van der Waals surface area contributed by atoms with E-state index in [0.29, 0.717) is 0 Å². The highest BCUT2D eigenvalue weighted by molar-refractivity contribution is 5.75. The minimum absolute atomic E-state index is 0.738. The topological polar surface area (TPSA) is 41.8 Å². The first-order valence-electron chi connectivity index (χ1n) is 4.17. The van der Waals surface area contributed by atoms with Gasteiger partial charge in [-0.15, -0.1) is 0 Å². The van der Waals surface area contributed by atoms with Gasteiger partial charge in [-0.05, 0) is 20.3 Å². The molecule has 0 bridgehead atoms. The van der Waals surface area contributed by atoms with Crippen LogP contribution >= 0.6 is 0 Å². The Bertz CT molecular complexity index is 411. The lowest BCUT2D eigenvalue weighted by atomic mass is 10.2. The molecule has 0 radical (unpaired) electrons. The van der Waals surface area contributed by atoms with E-state index in [0.717, 1.165) is 29.2 Å². The summed E-state index contributed by atoms with van der Waals surface area (Å²) in [7, 11) is 0. The standard InChI is InChI=1S/C9H12N2O/c1-4-7-5(2)12-9-8(7)10-6(3)11-9/h4H2,1-3H3,(H,10,11). The van der Waals surface area contributed by atoms with Crippen molar-refractivity contribution in [2.24, 2.45) is 0 Å². The molecule has 0 fully saturated rings. The van der Waals surface area contributed by atoms with Crippen LogP contribution in [-0.4, -0.2) is 9.97 Å². The molecule has 2 aromatic rings. The molecule has 0 saturated heterocycles. The van der Waals surface area contributed by atoms with Crippen LogP contribution in [0.2, 0.25) is 0 Å². The second kappa shape index (κ2) is 2.37. The van der Waals surface area contributed by atoms with Crippen molar-refractivity contribution < 1.29 is 4.42 Å². The van der Waals surface area contributed by atoms with Crippen LogP contribution in [0.1, 0.15) is 24.1 Å². The van der Waals surface area contributed by atoms with Gasteiger partial charge in [0, 0.05) is 5.56 Å². The highest BCUT2D eigenvalue weighted by Crippen LogP contribution is 2.23. The molecule has 0 amide bonds. The third-order valence-electron chi connectivity index (χ3n) is 2.12. The third kappa shape index (κ3) is 0.858. The lowest BCUT2D eigenvalue weighted by Gasteiger charge is -1.90. The Labute approximate surface area is 70.8 Å². The highest BCUT2D eigenvalue weighted by Gasteiger charge is 2.11. The summed E-state index contributed by atoms with van der Waals surface area (Å²) in [6.45, 7) is 6.03. The van der Waals surface area contributed by atoms with Crippen LogP contribution in [0.15, 0.2) is 4.42 Å². The zero-order valence-corrected chi connectivity index (χ0v) is 7.56. The average molecular weight is 164 g/mol. The Morgan fingerprint density at radius 3 is 2.83 bits per heavy atom. The van der Waals surface area contributed by atoms with E-state index in [9.17, 15) is 0 Å². The van der Waals surface area contributed by atoms with E-state index in [2.05, 4.69) is 16.9 Å². The van der Waals surface area contributed by atoms with Gasteiger partial charge < -0.3 is 9.40 Å². The normalized spacial score (nSPS) is 11.2. The van der Waals surface area contributed by atoms with Gasteiger partial charge in [0.05, 0.1) is 0 Å². The van der Waals surface area contributed by atoms with Gasteiger partial charge in [-0.3, -0.25) is 0 Å². The smallest absolute Gasteiger partial charge is 0.245 e. The Balaban J connectivity index is 2.78. The number of H-pyrrole nitrogens is 1. The van der Waals surface area contributed by atoms with Gasteiger partial charge >= 0.3 is 0 Å². The molecule has 1 N–H and O–H groups in total. The second-order valence-electron chi connectivity index (χ2n) is 2.99. The molecule has 0 aromatic carbocycles. The Kier molecular flexibility index (Phi) is 1.46. The van der Waals surface area contributed by atoms with E-state index in [1.165, 1.54) is 5.56 Å². The fraction of sp³-hybridized carbons (Fsp3) is 0.444. The summed E-state index contributed by atoms with van der Waals surface area (Å²) in [5.74, 6) is 1.89. The number of aromatic nitrogens is 2. The van der Waals surface area contributed by atoms with Crippen LogP contribution < -0.4 is 0 Å². The van der Waals surface area contributed by atoms with Gasteiger partial charge in [0.2, 0.25) is 5.71 Å². The summed E-state index contributed by atoms with van der Waals surface area (Å²) in [6, 6.07) is 0. The van der Waals surface area contributed by atoms with E-state index in [1.54, 1.807) is 0 Å². The summed E-state index contributed by atoms with van der Waals surface area (Å²) in [6.07, 6.45) is 0.987. The minimum atomic E-state index is 0.738. The maximum absolute atomic E-state index is 5.47. The zero-order valence-electron chi connectivity index (χ0n) is 7.56. The molecule has 64 valence electrons. The van der Waals surface area contributed by atoms with Gasteiger partial charge in [0.15, 0.2) is 0 Å². The van der Waals surface area contributed by atoms with E-state index >= 15 is 0 Å². The van der Waals surface area contributed by atoms with Crippen molar-refractivity contribution in [2.75, 3.05) is 0 Å². The van der Waals surface area contributed by atoms with Crippen molar-refractivity contribution in [1.82, 2.24) is 9.97 Å². The number of hydrogen-bond donors (Lipinski definition) is 1. The van der Waals surface area contributed by atoms with Crippen molar-refractivity contribution in [2.45, 2.75) is 27.2 Å². The molecule has 0 unspecified atom stereocenters. The molecular weight excluding hydrogens is 152 g/mol. The molecule has 2 aromatic heterocycles. The van der Waals surface area contributed by atoms with Crippen molar-refractivity contribution >= 4 is 11.2 Å². The van der Waals surface area contributed by atoms with E-state index in [1.807, 2.05) is 13.8 Å². The summed E-state index contributed by atoms with van der Waals surface area (Å²) in [5.41, 5.74) is 3.04. The Hall–Kier alpha value is -1.25. The molecule has 0 aliphatic heterocycles. The number of aromatic amines is 1. The first kappa shape index (κ1) is 7.40. The number of aryl methyl sites for hydroxylation is 3. The van der Waals surface area contributed by atoms with Crippen LogP contribution in [0.25, 0.3) is 11.2 Å². The predicted molar refractivity (Wildman–Crippen MR) is 47.2 cm³/mol. The third-order valence-corrected chi connectivity index (χ3v) is 2.12. The number of imidazole rings is 1. The zero-order chi connectivity index (χ0) is 8.72. The largest absolute Gasteiger partial charge is 0.441 e. The van der Waals surface area contributed by atoms with Crippen LogP contribution in [0.5, 0.6) is 0 Å². The SMILES string of the molecule is CCc1c(C)oc2nc(C)[nH]c12.